The lowest BCUT2D eigenvalue weighted by Gasteiger charge is -2.14. The quantitative estimate of drug-likeness (QED) is 0.532. The Bertz CT molecular complexity index is 1070. The maximum Gasteiger partial charge on any atom is 0.404 e. The number of ether oxygens (including phenoxy) is 2. The Morgan fingerprint density at radius 1 is 1.10 bits per heavy atom. The van der Waals surface area contributed by atoms with Crippen molar-refractivity contribution in [2.45, 2.75) is 37.9 Å². The molecule has 14 heteroatoms. The molecule has 0 aliphatic carbocycles. The molecule has 4 N–H and O–H groups in total. The molecule has 11 nitrogen and oxygen atoms in total. The van der Waals surface area contributed by atoms with Crippen molar-refractivity contribution in [3.05, 3.63) is 41.4 Å². The van der Waals surface area contributed by atoms with Gasteiger partial charge in [0.1, 0.15) is 29.8 Å². The zero-order valence-electron chi connectivity index (χ0n) is 16.5. The van der Waals surface area contributed by atoms with Crippen LogP contribution in [-0.4, -0.2) is 36.8 Å². The lowest BCUT2D eigenvalue weighted by molar-refractivity contribution is 0.140. The van der Waals surface area contributed by atoms with Crippen LogP contribution in [0.15, 0.2) is 23.2 Å². The lowest BCUT2D eigenvalue weighted by Crippen LogP contribution is -2.23. The van der Waals surface area contributed by atoms with Crippen LogP contribution in [-0.2, 0) is 32.7 Å². The van der Waals surface area contributed by atoms with Gasteiger partial charge in [-0.3, -0.25) is 0 Å². The van der Waals surface area contributed by atoms with Crippen LogP contribution in [0.5, 0.6) is 5.75 Å². The number of imidazole rings is 1. The Labute approximate surface area is 176 Å². The number of nitrogens with two attached hydrogens (primary N) is 2. The zero-order chi connectivity index (χ0) is 23.3. The minimum atomic E-state index is -4.70. The Morgan fingerprint density at radius 3 is 2.19 bits per heavy atom. The molecule has 0 bridgehead atoms. The topological polar surface area (TPSA) is 166 Å². The minimum absolute atomic E-state index is 0.0130. The summed E-state index contributed by atoms with van der Waals surface area (Å²) in [5.74, 6) is -3.23. The first-order valence-electron chi connectivity index (χ1n) is 8.75. The molecule has 1 aromatic carbocycles. The number of halogens is 2. The molecule has 170 valence electrons. The van der Waals surface area contributed by atoms with Crippen LogP contribution in [0.25, 0.3) is 0 Å². The predicted octanol–water partition coefficient (Wildman–Crippen LogP) is 1.74. The summed E-state index contributed by atoms with van der Waals surface area (Å²) in [5.41, 5.74) is 9.88. The van der Waals surface area contributed by atoms with Gasteiger partial charge >= 0.3 is 22.3 Å². The second-order valence-electron chi connectivity index (χ2n) is 6.44. The van der Waals surface area contributed by atoms with Crippen molar-refractivity contribution in [2.75, 3.05) is 6.61 Å². The van der Waals surface area contributed by atoms with Gasteiger partial charge in [0.2, 0.25) is 0 Å². The molecule has 0 aliphatic rings. The largest absolute Gasteiger partial charge is 0.448 e. The molecule has 0 spiro atoms. The fourth-order valence-corrected chi connectivity index (χ4v) is 4.03. The van der Waals surface area contributed by atoms with E-state index in [-0.39, 0.29) is 24.7 Å². The normalized spacial score (nSPS) is 11.4. The summed E-state index contributed by atoms with van der Waals surface area (Å²) >= 11 is 0. The van der Waals surface area contributed by atoms with Crippen molar-refractivity contribution in [1.82, 2.24) is 9.55 Å². The molecule has 31 heavy (non-hydrogen) atoms. The molecule has 0 saturated heterocycles. The first-order valence-corrected chi connectivity index (χ1v) is 10.2. The number of nitrogens with zero attached hydrogens (tertiary/aromatic N) is 2. The van der Waals surface area contributed by atoms with Gasteiger partial charge in [0.15, 0.2) is 11.6 Å². The standard InChI is InChI=1S/C17H20F2N4O7S/c1-9(2)14-15(31(26,27)30-12-6-10(18)5-11(19)7-12)23(3-4-28-16(20)24)13(22-14)8-29-17(21)25/h5-7,9H,3-4,8H2,1-2H3,(H2,20,24)(H2,21,25). The number of aromatic nitrogens is 2. The molecular formula is C17H20F2N4O7S. The SMILES string of the molecule is CC(C)c1nc(COC(N)=O)n(CCOC(N)=O)c1S(=O)(=O)Oc1cc(F)cc(F)c1. The van der Waals surface area contributed by atoms with Crippen molar-refractivity contribution < 1.29 is 40.4 Å². The molecule has 1 aromatic heterocycles. The second kappa shape index (κ2) is 9.59. The Morgan fingerprint density at radius 2 is 1.68 bits per heavy atom. The highest BCUT2D eigenvalue weighted by atomic mass is 32.2. The molecule has 2 amide bonds. The average molecular weight is 462 g/mol. The third-order valence-corrected chi connectivity index (χ3v) is 5.07. The average Bonchev–Trinajstić information content (AvgIpc) is 2.98. The summed E-state index contributed by atoms with van der Waals surface area (Å²) in [4.78, 5) is 26.0. The van der Waals surface area contributed by atoms with Crippen molar-refractivity contribution in [2.24, 2.45) is 11.5 Å². The summed E-state index contributed by atoms with van der Waals surface area (Å²) in [5, 5.41) is -0.483. The maximum atomic E-state index is 13.5. The first-order chi connectivity index (χ1) is 14.4. The summed E-state index contributed by atoms with van der Waals surface area (Å²) < 4.78 is 68.3. The van der Waals surface area contributed by atoms with Crippen molar-refractivity contribution in [3.8, 4) is 5.75 Å². The van der Waals surface area contributed by atoms with E-state index in [1.807, 2.05) is 0 Å². The van der Waals surface area contributed by atoms with Crippen LogP contribution < -0.4 is 15.7 Å². The van der Waals surface area contributed by atoms with Crippen molar-refractivity contribution >= 4 is 22.3 Å². The molecular weight excluding hydrogens is 442 g/mol. The van der Waals surface area contributed by atoms with Gasteiger partial charge in [0.05, 0.1) is 12.2 Å². The number of carbonyl (C=O) groups is 2. The van der Waals surface area contributed by atoms with E-state index in [1.165, 1.54) is 0 Å². The summed E-state index contributed by atoms with van der Waals surface area (Å²) in [6, 6.07) is 1.91. The predicted molar refractivity (Wildman–Crippen MR) is 100 cm³/mol. The molecule has 0 saturated carbocycles. The third-order valence-electron chi connectivity index (χ3n) is 3.75. The van der Waals surface area contributed by atoms with Gasteiger partial charge in [-0.1, -0.05) is 13.8 Å². The van der Waals surface area contributed by atoms with E-state index in [0.29, 0.717) is 18.2 Å². The molecule has 2 rings (SSSR count). The summed E-state index contributed by atoms with van der Waals surface area (Å²) in [7, 11) is -4.70. The monoisotopic (exact) mass is 462 g/mol. The first kappa shape index (κ1) is 23.9. The third kappa shape index (κ3) is 6.28. The Kier molecular flexibility index (Phi) is 7.38. The number of amides is 2. The Balaban J connectivity index is 2.56. The van der Waals surface area contributed by atoms with E-state index in [1.54, 1.807) is 13.8 Å². The molecule has 0 radical (unpaired) electrons. The van der Waals surface area contributed by atoms with E-state index >= 15 is 0 Å². The van der Waals surface area contributed by atoms with E-state index in [9.17, 15) is 26.8 Å². The van der Waals surface area contributed by atoms with Crippen LogP contribution in [0.4, 0.5) is 18.4 Å². The van der Waals surface area contributed by atoms with Crippen LogP contribution in [0.3, 0.4) is 0 Å². The van der Waals surface area contributed by atoms with Gasteiger partial charge in [0.25, 0.3) is 0 Å². The zero-order valence-corrected chi connectivity index (χ0v) is 17.3. The van der Waals surface area contributed by atoms with Crippen molar-refractivity contribution in [3.63, 3.8) is 0 Å². The number of benzene rings is 1. The number of hydrogen-bond donors (Lipinski definition) is 2. The fourth-order valence-electron chi connectivity index (χ4n) is 2.60. The molecule has 1 heterocycles. The van der Waals surface area contributed by atoms with Crippen LogP contribution in [0.2, 0.25) is 0 Å². The van der Waals surface area contributed by atoms with E-state index < -0.39 is 57.2 Å². The second-order valence-corrected chi connectivity index (χ2v) is 7.90. The molecule has 0 fully saturated rings. The van der Waals surface area contributed by atoms with E-state index in [0.717, 1.165) is 4.57 Å². The fraction of sp³-hybridized carbons (Fsp3) is 0.353. The smallest absolute Gasteiger partial charge is 0.404 e. The highest BCUT2D eigenvalue weighted by Crippen LogP contribution is 2.29. The van der Waals surface area contributed by atoms with Crippen LogP contribution in [0.1, 0.15) is 31.3 Å². The summed E-state index contributed by atoms with van der Waals surface area (Å²) in [6.45, 7) is 2.13. The highest BCUT2D eigenvalue weighted by molar-refractivity contribution is 7.87. The number of carbonyl (C=O) groups excluding carboxylic acids is 2. The number of hydrogen-bond acceptors (Lipinski definition) is 8. The van der Waals surface area contributed by atoms with Crippen molar-refractivity contribution in [1.29, 1.82) is 0 Å². The molecule has 2 aromatic rings. The van der Waals surface area contributed by atoms with E-state index in [2.05, 4.69) is 9.72 Å². The van der Waals surface area contributed by atoms with Gasteiger partial charge in [-0.15, -0.1) is 0 Å². The van der Waals surface area contributed by atoms with Gasteiger partial charge in [0, 0.05) is 18.2 Å². The number of primary amides is 2. The van der Waals surface area contributed by atoms with Gasteiger partial charge in [-0.2, -0.15) is 8.42 Å². The van der Waals surface area contributed by atoms with Gasteiger partial charge in [-0.25, -0.2) is 23.4 Å². The van der Waals surface area contributed by atoms with Crippen LogP contribution in [0, 0.1) is 11.6 Å². The lowest BCUT2D eigenvalue weighted by atomic mass is 10.1. The molecule has 0 aliphatic heterocycles. The Hall–Kier alpha value is -3.42. The molecule has 0 atom stereocenters. The number of rotatable bonds is 9. The van der Waals surface area contributed by atoms with E-state index in [4.69, 9.17) is 20.4 Å². The maximum absolute atomic E-state index is 13.5. The van der Waals surface area contributed by atoms with Gasteiger partial charge in [-0.05, 0) is 5.92 Å². The molecule has 0 unspecified atom stereocenters. The highest BCUT2D eigenvalue weighted by Gasteiger charge is 2.32. The minimum Gasteiger partial charge on any atom is -0.448 e. The van der Waals surface area contributed by atoms with Gasteiger partial charge < -0.3 is 29.7 Å². The summed E-state index contributed by atoms with van der Waals surface area (Å²) in [6.07, 6.45) is -2.24. The van der Waals surface area contributed by atoms with Crippen LogP contribution >= 0.6 is 0 Å².